The van der Waals surface area contributed by atoms with E-state index < -0.39 is 20.2 Å². The van der Waals surface area contributed by atoms with Gasteiger partial charge < -0.3 is 0 Å². The van der Waals surface area contributed by atoms with Crippen LogP contribution in [0.2, 0.25) is 0 Å². The van der Waals surface area contributed by atoms with Crippen LogP contribution in [0.3, 0.4) is 0 Å². The van der Waals surface area contributed by atoms with Crippen molar-refractivity contribution in [3.05, 3.63) is 39.9 Å². The summed E-state index contributed by atoms with van der Waals surface area (Å²) in [5.74, 6) is 0. The highest BCUT2D eigenvalue weighted by Gasteiger charge is 2.22. The summed E-state index contributed by atoms with van der Waals surface area (Å²) in [6.45, 7) is 1.78. The van der Waals surface area contributed by atoms with Crippen LogP contribution in [0.1, 0.15) is 18.9 Å². The minimum atomic E-state index is -3.63. The Labute approximate surface area is 117 Å². The predicted octanol–water partition coefficient (Wildman–Crippen LogP) is 1.36. The molecular formula is C12H15N3O4S. The fraction of sp³-hybridized carbons (Fsp3) is 0.417. The maximum Gasteiger partial charge on any atom is 0.269 e. The number of hydrogen-bond acceptors (Lipinski definition) is 5. The molecule has 0 fully saturated rings. The third-order valence-corrected chi connectivity index (χ3v) is 4.55. The summed E-state index contributed by atoms with van der Waals surface area (Å²) in [4.78, 5) is 9.99. The van der Waals surface area contributed by atoms with E-state index in [0.717, 1.165) is 5.56 Å². The van der Waals surface area contributed by atoms with Crippen LogP contribution in [0.5, 0.6) is 0 Å². The van der Waals surface area contributed by atoms with E-state index >= 15 is 0 Å². The Hall–Kier alpha value is -1.98. The van der Waals surface area contributed by atoms with Crippen molar-refractivity contribution in [2.45, 2.75) is 25.0 Å². The highest BCUT2D eigenvalue weighted by molar-refractivity contribution is 7.90. The zero-order valence-corrected chi connectivity index (χ0v) is 11.8. The molecule has 1 unspecified atom stereocenters. The molecule has 0 bridgehead atoms. The lowest BCUT2D eigenvalue weighted by Gasteiger charge is -2.09. The molecule has 1 atom stereocenters. The zero-order chi connectivity index (χ0) is 15.2. The number of nitro benzene ring substituents is 1. The summed E-state index contributed by atoms with van der Waals surface area (Å²) < 4.78 is 25.8. The Morgan fingerprint density at radius 2 is 2.00 bits per heavy atom. The van der Waals surface area contributed by atoms with Crippen molar-refractivity contribution in [2.24, 2.45) is 0 Å². The highest BCUT2D eigenvalue weighted by Crippen LogP contribution is 2.12. The van der Waals surface area contributed by atoms with E-state index in [9.17, 15) is 18.5 Å². The second kappa shape index (κ2) is 6.98. The van der Waals surface area contributed by atoms with Crippen LogP contribution >= 0.6 is 0 Å². The van der Waals surface area contributed by atoms with Crippen LogP contribution in [-0.4, -0.2) is 25.1 Å². The normalized spacial score (nSPS) is 12.6. The molecule has 0 aliphatic heterocycles. The standard InChI is InChI=1S/C12H15N3O4S/c1-2-12(9-13)20(18,19)14-8-7-10-3-5-11(6-4-10)15(16)17/h3-6,12,14H,2,7-8H2,1H3. The van der Waals surface area contributed by atoms with E-state index in [1.165, 1.54) is 12.1 Å². The second-order valence-electron chi connectivity index (χ2n) is 4.14. The lowest BCUT2D eigenvalue weighted by atomic mass is 10.1. The Balaban J connectivity index is 2.57. The molecule has 20 heavy (non-hydrogen) atoms. The van der Waals surface area contributed by atoms with Crippen molar-refractivity contribution in [1.29, 1.82) is 5.26 Å². The first-order valence-corrected chi connectivity index (χ1v) is 7.56. The molecule has 0 saturated carbocycles. The molecule has 0 amide bonds. The minimum Gasteiger partial charge on any atom is -0.258 e. The quantitative estimate of drug-likeness (QED) is 0.603. The van der Waals surface area contributed by atoms with Gasteiger partial charge >= 0.3 is 0 Å². The van der Waals surface area contributed by atoms with E-state index in [2.05, 4.69) is 4.72 Å². The fourth-order valence-corrected chi connectivity index (χ4v) is 2.77. The number of hydrogen-bond donors (Lipinski definition) is 1. The number of sulfonamides is 1. The number of nitriles is 1. The molecule has 0 saturated heterocycles. The SMILES string of the molecule is CCC(C#N)S(=O)(=O)NCCc1ccc([N+](=O)[O-])cc1. The summed E-state index contributed by atoms with van der Waals surface area (Å²) >= 11 is 0. The van der Waals surface area contributed by atoms with Gasteiger partial charge in [-0.25, -0.2) is 13.1 Å². The summed E-state index contributed by atoms with van der Waals surface area (Å²) in [6, 6.07) is 7.63. The van der Waals surface area contributed by atoms with E-state index in [1.807, 2.05) is 0 Å². The number of benzene rings is 1. The van der Waals surface area contributed by atoms with Crippen LogP contribution in [0, 0.1) is 21.4 Å². The van der Waals surface area contributed by atoms with Crippen LogP contribution < -0.4 is 4.72 Å². The largest absolute Gasteiger partial charge is 0.269 e. The lowest BCUT2D eigenvalue weighted by Crippen LogP contribution is -2.34. The van der Waals surface area contributed by atoms with Crippen LogP contribution in [0.15, 0.2) is 24.3 Å². The number of nitrogens with one attached hydrogen (secondary N) is 1. The third-order valence-electron chi connectivity index (χ3n) is 2.75. The Bertz CT molecular complexity index is 605. The first-order chi connectivity index (χ1) is 9.40. The van der Waals surface area contributed by atoms with Crippen LogP contribution in [0.25, 0.3) is 0 Å². The van der Waals surface area contributed by atoms with Gasteiger partial charge in [0.15, 0.2) is 5.25 Å². The Kier molecular flexibility index (Phi) is 5.61. The molecule has 1 rings (SSSR count). The van der Waals surface area contributed by atoms with Gasteiger partial charge in [0.1, 0.15) is 0 Å². The van der Waals surface area contributed by atoms with Gasteiger partial charge in [-0.15, -0.1) is 0 Å². The topological polar surface area (TPSA) is 113 Å². The number of nitrogens with zero attached hydrogens (tertiary/aromatic N) is 2. The van der Waals surface area contributed by atoms with E-state index in [4.69, 9.17) is 5.26 Å². The second-order valence-corrected chi connectivity index (χ2v) is 6.09. The Morgan fingerprint density at radius 3 is 2.45 bits per heavy atom. The molecule has 1 aromatic rings. The van der Waals surface area contributed by atoms with Gasteiger partial charge in [0.25, 0.3) is 5.69 Å². The number of nitro groups is 1. The minimum absolute atomic E-state index is 0.00939. The molecule has 0 spiro atoms. The van der Waals surface area contributed by atoms with Gasteiger partial charge in [0, 0.05) is 18.7 Å². The van der Waals surface area contributed by atoms with Crippen LogP contribution in [-0.2, 0) is 16.4 Å². The van der Waals surface area contributed by atoms with Gasteiger partial charge in [0.05, 0.1) is 11.0 Å². The Morgan fingerprint density at radius 1 is 1.40 bits per heavy atom. The smallest absolute Gasteiger partial charge is 0.258 e. The van der Waals surface area contributed by atoms with Crippen molar-refractivity contribution in [2.75, 3.05) is 6.54 Å². The van der Waals surface area contributed by atoms with Crippen molar-refractivity contribution in [3.63, 3.8) is 0 Å². The van der Waals surface area contributed by atoms with Gasteiger partial charge in [-0.3, -0.25) is 10.1 Å². The summed E-state index contributed by atoms with van der Waals surface area (Å²) in [5.41, 5.74) is 0.771. The van der Waals surface area contributed by atoms with Crippen molar-refractivity contribution in [1.82, 2.24) is 4.72 Å². The summed E-state index contributed by atoms with van der Waals surface area (Å²) in [7, 11) is -3.63. The molecule has 8 heteroatoms. The molecule has 1 aromatic carbocycles. The third kappa shape index (κ3) is 4.29. The zero-order valence-electron chi connectivity index (χ0n) is 10.9. The maximum atomic E-state index is 11.7. The number of non-ortho nitro benzene ring substituents is 1. The summed E-state index contributed by atoms with van der Waals surface area (Å²) in [5, 5.41) is 18.2. The molecule has 0 aliphatic carbocycles. The average Bonchev–Trinajstić information content (AvgIpc) is 2.40. The van der Waals surface area contributed by atoms with Crippen molar-refractivity contribution in [3.8, 4) is 6.07 Å². The molecule has 108 valence electrons. The molecule has 0 aliphatic rings. The monoisotopic (exact) mass is 297 g/mol. The highest BCUT2D eigenvalue weighted by atomic mass is 32.2. The van der Waals surface area contributed by atoms with Crippen molar-refractivity contribution < 1.29 is 13.3 Å². The van der Waals surface area contributed by atoms with Gasteiger partial charge in [-0.2, -0.15) is 5.26 Å². The molecule has 7 nitrogen and oxygen atoms in total. The van der Waals surface area contributed by atoms with E-state index in [1.54, 1.807) is 25.1 Å². The van der Waals surface area contributed by atoms with Crippen molar-refractivity contribution >= 4 is 15.7 Å². The molecule has 0 radical (unpaired) electrons. The number of rotatable bonds is 7. The van der Waals surface area contributed by atoms with Gasteiger partial charge in [-0.05, 0) is 18.4 Å². The fourth-order valence-electron chi connectivity index (χ4n) is 1.60. The first-order valence-electron chi connectivity index (χ1n) is 6.02. The first kappa shape index (κ1) is 16.1. The van der Waals surface area contributed by atoms with Gasteiger partial charge in [0.2, 0.25) is 10.0 Å². The lowest BCUT2D eigenvalue weighted by molar-refractivity contribution is -0.384. The predicted molar refractivity (Wildman–Crippen MR) is 73.4 cm³/mol. The van der Waals surface area contributed by atoms with E-state index in [-0.39, 0.29) is 18.7 Å². The average molecular weight is 297 g/mol. The van der Waals surface area contributed by atoms with E-state index in [0.29, 0.717) is 6.42 Å². The molecule has 0 heterocycles. The molecule has 0 aromatic heterocycles. The maximum absolute atomic E-state index is 11.7. The molecule has 1 N–H and O–H groups in total. The van der Waals surface area contributed by atoms with Gasteiger partial charge in [-0.1, -0.05) is 19.1 Å². The summed E-state index contributed by atoms with van der Waals surface area (Å²) in [6.07, 6.45) is 0.627. The van der Waals surface area contributed by atoms with Crippen LogP contribution in [0.4, 0.5) is 5.69 Å². The molecular weight excluding hydrogens is 282 g/mol.